The molecule has 0 radical (unpaired) electrons. The highest BCUT2D eigenvalue weighted by atomic mass is 32.2. The van der Waals surface area contributed by atoms with E-state index in [1.165, 1.54) is 16.4 Å². The fraction of sp³-hybridized carbons (Fsp3) is 0.368. The van der Waals surface area contributed by atoms with Crippen LogP contribution in [0.1, 0.15) is 30.0 Å². The van der Waals surface area contributed by atoms with Crippen LogP contribution < -0.4 is 9.47 Å². The molecule has 2 aromatic rings. The maximum absolute atomic E-state index is 13.7. The molecule has 2 aromatic carbocycles. The van der Waals surface area contributed by atoms with Crippen molar-refractivity contribution in [1.82, 2.24) is 4.31 Å². The summed E-state index contributed by atoms with van der Waals surface area (Å²) < 4.78 is 52.3. The van der Waals surface area contributed by atoms with Crippen LogP contribution in [0.25, 0.3) is 0 Å². The summed E-state index contributed by atoms with van der Waals surface area (Å²) in [6.07, 6.45) is 1.38. The summed E-state index contributed by atoms with van der Waals surface area (Å²) in [6, 6.07) is 8.80. The van der Waals surface area contributed by atoms with Gasteiger partial charge in [-0.15, -0.1) is 0 Å². The van der Waals surface area contributed by atoms with Crippen LogP contribution in [0.5, 0.6) is 11.5 Å². The molecule has 0 spiro atoms. The van der Waals surface area contributed by atoms with Gasteiger partial charge in [0.1, 0.15) is 17.3 Å². The Bertz CT molecular complexity index is 914. The number of methoxy groups -OCH3 is 2. The number of aryl methyl sites for hydroxylation is 1. The van der Waals surface area contributed by atoms with E-state index in [1.807, 2.05) is 0 Å². The Kier molecular flexibility index (Phi) is 5.20. The van der Waals surface area contributed by atoms with E-state index in [9.17, 15) is 12.8 Å². The van der Waals surface area contributed by atoms with Gasteiger partial charge in [0.05, 0.1) is 25.2 Å². The molecule has 0 aromatic heterocycles. The highest BCUT2D eigenvalue weighted by Gasteiger charge is 2.38. The molecule has 1 atom stereocenters. The van der Waals surface area contributed by atoms with E-state index in [1.54, 1.807) is 39.3 Å². The van der Waals surface area contributed by atoms with Crippen LogP contribution in [0.3, 0.4) is 0 Å². The number of benzene rings is 2. The Morgan fingerprint density at radius 2 is 1.88 bits per heavy atom. The van der Waals surface area contributed by atoms with E-state index in [2.05, 4.69) is 0 Å². The third-order valence-electron chi connectivity index (χ3n) is 4.74. The zero-order valence-electron chi connectivity index (χ0n) is 15.0. The summed E-state index contributed by atoms with van der Waals surface area (Å²) in [5.41, 5.74) is 1.27. The van der Waals surface area contributed by atoms with Crippen molar-refractivity contribution in [3.8, 4) is 11.5 Å². The molecule has 1 aliphatic heterocycles. The molecule has 0 amide bonds. The lowest BCUT2D eigenvalue weighted by molar-refractivity contribution is 0.361. The van der Waals surface area contributed by atoms with Gasteiger partial charge in [0.25, 0.3) is 0 Å². The van der Waals surface area contributed by atoms with E-state index >= 15 is 0 Å². The number of hydrogen-bond acceptors (Lipinski definition) is 4. The number of sulfonamides is 1. The minimum absolute atomic E-state index is 0.00580. The zero-order valence-corrected chi connectivity index (χ0v) is 15.8. The summed E-state index contributed by atoms with van der Waals surface area (Å²) in [5.74, 6) is 0.671. The molecule has 1 fully saturated rings. The summed E-state index contributed by atoms with van der Waals surface area (Å²) in [6.45, 7) is 2.05. The maximum Gasteiger partial charge on any atom is 0.244 e. The lowest BCUT2D eigenvalue weighted by Gasteiger charge is -2.26. The van der Waals surface area contributed by atoms with Gasteiger partial charge in [0, 0.05) is 12.1 Å². The molecule has 5 nitrogen and oxygen atoms in total. The molecule has 0 saturated carbocycles. The van der Waals surface area contributed by atoms with E-state index < -0.39 is 15.8 Å². The number of rotatable bonds is 5. The molecule has 1 saturated heterocycles. The molecule has 140 valence electrons. The van der Waals surface area contributed by atoms with Gasteiger partial charge in [0.2, 0.25) is 10.0 Å². The second-order valence-electron chi connectivity index (χ2n) is 6.29. The van der Waals surface area contributed by atoms with Crippen molar-refractivity contribution in [2.24, 2.45) is 0 Å². The fourth-order valence-corrected chi connectivity index (χ4v) is 5.33. The van der Waals surface area contributed by atoms with Crippen molar-refractivity contribution in [3.63, 3.8) is 0 Å². The second kappa shape index (κ2) is 7.25. The van der Waals surface area contributed by atoms with Crippen LogP contribution in [0.15, 0.2) is 41.3 Å². The lowest BCUT2D eigenvalue weighted by atomic mass is 10.0. The topological polar surface area (TPSA) is 55.8 Å². The number of hydrogen-bond donors (Lipinski definition) is 0. The van der Waals surface area contributed by atoms with Crippen LogP contribution in [0, 0.1) is 12.7 Å². The molecule has 7 heteroatoms. The van der Waals surface area contributed by atoms with Gasteiger partial charge in [0.15, 0.2) is 0 Å². The van der Waals surface area contributed by atoms with Gasteiger partial charge >= 0.3 is 0 Å². The quantitative estimate of drug-likeness (QED) is 0.795. The largest absolute Gasteiger partial charge is 0.497 e. The van der Waals surface area contributed by atoms with Crippen LogP contribution in [0.2, 0.25) is 0 Å². The zero-order chi connectivity index (χ0) is 18.9. The van der Waals surface area contributed by atoms with E-state index in [4.69, 9.17) is 9.47 Å². The first-order valence-electron chi connectivity index (χ1n) is 8.38. The molecule has 1 unspecified atom stereocenters. The van der Waals surface area contributed by atoms with Gasteiger partial charge in [-0.2, -0.15) is 4.31 Å². The Hall–Kier alpha value is -2.12. The highest BCUT2D eigenvalue weighted by molar-refractivity contribution is 7.89. The molecule has 1 heterocycles. The van der Waals surface area contributed by atoms with Gasteiger partial charge in [-0.25, -0.2) is 12.8 Å². The summed E-state index contributed by atoms with van der Waals surface area (Å²) in [5, 5.41) is 0. The minimum Gasteiger partial charge on any atom is -0.497 e. The fourth-order valence-electron chi connectivity index (χ4n) is 3.42. The Labute approximate surface area is 153 Å². The monoisotopic (exact) mass is 379 g/mol. The highest BCUT2D eigenvalue weighted by Crippen LogP contribution is 2.42. The summed E-state index contributed by atoms with van der Waals surface area (Å²) >= 11 is 0. The molecule has 0 bridgehead atoms. The maximum atomic E-state index is 13.7. The van der Waals surface area contributed by atoms with Crippen molar-refractivity contribution in [3.05, 3.63) is 53.3 Å². The average Bonchev–Trinajstić information content (AvgIpc) is 3.13. The Morgan fingerprint density at radius 3 is 2.58 bits per heavy atom. The molecule has 26 heavy (non-hydrogen) atoms. The van der Waals surface area contributed by atoms with Crippen molar-refractivity contribution in [1.29, 1.82) is 0 Å². The molecular formula is C19H22FNO4S. The average molecular weight is 379 g/mol. The molecule has 0 aliphatic carbocycles. The van der Waals surface area contributed by atoms with Gasteiger partial charge in [-0.1, -0.05) is 6.07 Å². The molecule has 3 rings (SSSR count). The first-order chi connectivity index (χ1) is 12.4. The van der Waals surface area contributed by atoms with Crippen LogP contribution in [0.4, 0.5) is 4.39 Å². The first kappa shape index (κ1) is 18.7. The third-order valence-corrected chi connectivity index (χ3v) is 6.79. The molecule has 1 aliphatic rings. The van der Waals surface area contributed by atoms with Crippen molar-refractivity contribution >= 4 is 10.0 Å². The first-order valence-corrected chi connectivity index (χ1v) is 9.82. The van der Waals surface area contributed by atoms with Crippen LogP contribution in [-0.4, -0.2) is 33.5 Å². The van der Waals surface area contributed by atoms with Gasteiger partial charge < -0.3 is 9.47 Å². The normalized spacial score (nSPS) is 18.1. The second-order valence-corrected chi connectivity index (χ2v) is 8.15. The van der Waals surface area contributed by atoms with Crippen molar-refractivity contribution < 1.29 is 22.3 Å². The van der Waals surface area contributed by atoms with E-state index in [0.717, 1.165) is 18.1 Å². The van der Waals surface area contributed by atoms with Gasteiger partial charge in [-0.3, -0.25) is 0 Å². The van der Waals surface area contributed by atoms with Crippen molar-refractivity contribution in [2.75, 3.05) is 20.8 Å². The SMILES string of the molecule is COc1ccc(OC)c(C2CCCN2S(=O)(=O)c2cc(F)ccc2C)c1. The number of ether oxygens (including phenoxy) is 2. The number of halogens is 1. The van der Waals surface area contributed by atoms with Gasteiger partial charge in [-0.05, 0) is 55.7 Å². The third kappa shape index (κ3) is 3.29. The number of nitrogens with zero attached hydrogens (tertiary/aromatic N) is 1. The smallest absolute Gasteiger partial charge is 0.244 e. The van der Waals surface area contributed by atoms with E-state index in [0.29, 0.717) is 30.0 Å². The van der Waals surface area contributed by atoms with E-state index in [-0.39, 0.29) is 10.9 Å². The standard InChI is InChI=1S/C19H22FNO4S/c1-13-6-7-14(20)11-19(13)26(22,23)21-10-4-5-17(21)16-12-15(24-2)8-9-18(16)25-3/h6-9,11-12,17H,4-5,10H2,1-3H3. The lowest BCUT2D eigenvalue weighted by Crippen LogP contribution is -2.31. The van der Waals surface area contributed by atoms with Crippen LogP contribution in [-0.2, 0) is 10.0 Å². The Morgan fingerprint density at radius 1 is 1.12 bits per heavy atom. The Balaban J connectivity index is 2.07. The summed E-state index contributed by atoms with van der Waals surface area (Å²) in [7, 11) is -0.725. The van der Waals surface area contributed by atoms with Crippen LogP contribution >= 0.6 is 0 Å². The molecular weight excluding hydrogens is 357 g/mol. The predicted molar refractivity (Wildman–Crippen MR) is 96.5 cm³/mol. The minimum atomic E-state index is -3.84. The predicted octanol–water partition coefficient (Wildman–Crippen LogP) is 3.68. The molecule has 0 N–H and O–H groups in total. The summed E-state index contributed by atoms with van der Waals surface area (Å²) in [4.78, 5) is 0.00580. The van der Waals surface area contributed by atoms with Crippen molar-refractivity contribution in [2.45, 2.75) is 30.7 Å².